The number of aryl methyl sites for hydroxylation is 1. The average Bonchev–Trinajstić information content (AvgIpc) is 3.23. The number of aliphatic imine (C=N–C) groups is 1. The zero-order chi connectivity index (χ0) is 23.6. The van der Waals surface area contributed by atoms with Gasteiger partial charge in [-0.3, -0.25) is 9.83 Å². The third kappa shape index (κ3) is 5.23. The fourth-order valence-electron chi connectivity index (χ4n) is 3.30. The summed E-state index contributed by atoms with van der Waals surface area (Å²) in [7, 11) is 1.56. The minimum atomic E-state index is -4.59. The number of nitrogens with one attached hydrogen (secondary N) is 1. The summed E-state index contributed by atoms with van der Waals surface area (Å²) >= 11 is 5.71. The van der Waals surface area contributed by atoms with Crippen LogP contribution in [0.5, 0.6) is 11.5 Å². The standard InChI is InChI=1S/C22H20ClF3N4O3/c1-13-9-30(12-27-13)18-5-3-14(7-20(18)31-2)21-28-16(11-33-29-21)10-32-19-6-4-15(23)8-17(19)22(24,25)26/h3-9,12,16H,10-11H2,1-2H3,(H,28,29)/t16-/m0/s1. The first kappa shape index (κ1) is 22.9. The van der Waals surface area contributed by atoms with Crippen molar-refractivity contribution in [3.63, 3.8) is 0 Å². The maximum Gasteiger partial charge on any atom is 0.420 e. The first-order valence-corrected chi connectivity index (χ1v) is 10.3. The van der Waals surface area contributed by atoms with Crippen LogP contribution < -0.4 is 15.0 Å². The molecular weight excluding hydrogens is 461 g/mol. The van der Waals surface area contributed by atoms with Crippen LogP contribution in [-0.4, -0.2) is 41.8 Å². The van der Waals surface area contributed by atoms with E-state index in [0.717, 1.165) is 17.4 Å². The molecule has 1 aromatic heterocycles. The lowest BCUT2D eigenvalue weighted by Gasteiger charge is -2.23. The topological polar surface area (TPSA) is 69.9 Å². The van der Waals surface area contributed by atoms with Gasteiger partial charge in [-0.15, -0.1) is 0 Å². The van der Waals surface area contributed by atoms with E-state index < -0.39 is 17.8 Å². The highest BCUT2D eigenvalue weighted by Crippen LogP contribution is 2.38. The lowest BCUT2D eigenvalue weighted by atomic mass is 10.1. The van der Waals surface area contributed by atoms with Gasteiger partial charge in [0.15, 0.2) is 5.84 Å². The van der Waals surface area contributed by atoms with Crippen molar-refractivity contribution < 1.29 is 27.5 Å². The van der Waals surface area contributed by atoms with E-state index in [-0.39, 0.29) is 24.0 Å². The van der Waals surface area contributed by atoms with E-state index in [2.05, 4.69) is 15.5 Å². The molecule has 0 saturated carbocycles. The first-order valence-electron chi connectivity index (χ1n) is 9.89. The summed E-state index contributed by atoms with van der Waals surface area (Å²) in [4.78, 5) is 14.1. The van der Waals surface area contributed by atoms with Gasteiger partial charge in [0.1, 0.15) is 30.8 Å². The van der Waals surface area contributed by atoms with E-state index in [9.17, 15) is 13.2 Å². The number of hydroxylamine groups is 1. The molecule has 1 N–H and O–H groups in total. The SMILES string of the molecule is COc1cc(C2=N[C@@H](COc3ccc(Cl)cc3C(F)(F)F)CON2)ccc1-n1cnc(C)c1. The Morgan fingerprint density at radius 1 is 1.21 bits per heavy atom. The van der Waals surface area contributed by atoms with Gasteiger partial charge < -0.3 is 14.0 Å². The van der Waals surface area contributed by atoms with Crippen molar-refractivity contribution in [2.45, 2.75) is 19.1 Å². The van der Waals surface area contributed by atoms with E-state index in [1.54, 1.807) is 19.5 Å². The number of nitrogens with zero attached hydrogens (tertiary/aromatic N) is 3. The summed E-state index contributed by atoms with van der Waals surface area (Å²) in [6.45, 7) is 1.90. The molecule has 1 aliphatic rings. The van der Waals surface area contributed by atoms with Crippen molar-refractivity contribution in [3.05, 3.63) is 70.8 Å². The minimum Gasteiger partial charge on any atom is -0.495 e. The maximum absolute atomic E-state index is 13.3. The molecule has 0 aliphatic carbocycles. The lowest BCUT2D eigenvalue weighted by molar-refractivity contribution is -0.139. The molecule has 174 valence electrons. The number of halogens is 4. The highest BCUT2D eigenvalue weighted by molar-refractivity contribution is 6.30. The minimum absolute atomic E-state index is 0.0246. The number of ether oxygens (including phenoxy) is 2. The quantitative estimate of drug-likeness (QED) is 0.559. The average molecular weight is 481 g/mol. The Bertz CT molecular complexity index is 1180. The van der Waals surface area contributed by atoms with Crippen LogP contribution in [0.1, 0.15) is 16.8 Å². The van der Waals surface area contributed by atoms with Crippen LogP contribution in [0.2, 0.25) is 5.02 Å². The summed E-state index contributed by atoms with van der Waals surface area (Å²) in [6.07, 6.45) is -1.03. The van der Waals surface area contributed by atoms with Crippen molar-refractivity contribution in [3.8, 4) is 17.2 Å². The highest BCUT2D eigenvalue weighted by atomic mass is 35.5. The van der Waals surface area contributed by atoms with Gasteiger partial charge in [0.2, 0.25) is 0 Å². The molecule has 2 heterocycles. The molecule has 1 atom stereocenters. The molecule has 3 aromatic rings. The largest absolute Gasteiger partial charge is 0.495 e. The fourth-order valence-corrected chi connectivity index (χ4v) is 3.47. The summed E-state index contributed by atoms with van der Waals surface area (Å²) in [5, 5.41) is -0.0246. The van der Waals surface area contributed by atoms with Gasteiger partial charge in [-0.1, -0.05) is 11.6 Å². The van der Waals surface area contributed by atoms with Crippen molar-refractivity contribution in [1.29, 1.82) is 0 Å². The summed E-state index contributed by atoms with van der Waals surface area (Å²) in [6, 6.07) is 8.30. The predicted molar refractivity (Wildman–Crippen MR) is 116 cm³/mol. The van der Waals surface area contributed by atoms with Gasteiger partial charge in [-0.2, -0.15) is 13.2 Å². The Morgan fingerprint density at radius 3 is 2.73 bits per heavy atom. The number of alkyl halides is 3. The van der Waals surface area contributed by atoms with Gasteiger partial charge in [0.05, 0.1) is 30.4 Å². The molecule has 11 heteroatoms. The lowest BCUT2D eigenvalue weighted by Crippen LogP contribution is -2.38. The van der Waals surface area contributed by atoms with E-state index in [0.29, 0.717) is 17.1 Å². The van der Waals surface area contributed by atoms with Crippen molar-refractivity contribution in [2.24, 2.45) is 4.99 Å². The van der Waals surface area contributed by atoms with Crippen molar-refractivity contribution in [2.75, 3.05) is 20.3 Å². The van der Waals surface area contributed by atoms with Gasteiger partial charge in [0, 0.05) is 16.8 Å². The van der Waals surface area contributed by atoms with Crippen LogP contribution >= 0.6 is 11.6 Å². The Hall–Kier alpha value is -3.24. The smallest absolute Gasteiger partial charge is 0.420 e. The van der Waals surface area contributed by atoms with E-state index in [1.807, 2.05) is 29.8 Å². The molecular formula is C22H20ClF3N4O3. The number of aromatic nitrogens is 2. The van der Waals surface area contributed by atoms with Crippen molar-refractivity contribution >= 4 is 17.4 Å². The number of hydrogen-bond acceptors (Lipinski definition) is 6. The second-order valence-electron chi connectivity index (χ2n) is 7.30. The number of benzene rings is 2. The van der Waals surface area contributed by atoms with Crippen LogP contribution in [0, 0.1) is 6.92 Å². The maximum atomic E-state index is 13.3. The Kier molecular flexibility index (Phi) is 6.48. The molecule has 0 fully saturated rings. The molecule has 0 amide bonds. The molecule has 0 radical (unpaired) electrons. The third-order valence-electron chi connectivity index (χ3n) is 4.88. The zero-order valence-corrected chi connectivity index (χ0v) is 18.4. The molecule has 7 nitrogen and oxygen atoms in total. The van der Waals surface area contributed by atoms with Crippen LogP contribution in [0.4, 0.5) is 13.2 Å². The summed E-state index contributed by atoms with van der Waals surface area (Å²) < 4.78 is 52.7. The van der Waals surface area contributed by atoms with Crippen LogP contribution in [0.3, 0.4) is 0 Å². The Balaban J connectivity index is 1.53. The zero-order valence-electron chi connectivity index (χ0n) is 17.7. The second kappa shape index (κ2) is 9.32. The van der Waals surface area contributed by atoms with Gasteiger partial charge >= 0.3 is 6.18 Å². The number of hydrogen-bond donors (Lipinski definition) is 1. The van der Waals surface area contributed by atoms with E-state index >= 15 is 0 Å². The number of amidine groups is 1. The van der Waals surface area contributed by atoms with Crippen LogP contribution in [0.15, 0.2) is 53.9 Å². The normalized spacial score (nSPS) is 16.2. The second-order valence-corrected chi connectivity index (χ2v) is 7.74. The molecule has 0 bridgehead atoms. The van der Waals surface area contributed by atoms with Gasteiger partial charge in [0.25, 0.3) is 0 Å². The molecule has 2 aromatic carbocycles. The molecule has 1 aliphatic heterocycles. The number of imidazole rings is 1. The fraction of sp³-hybridized carbons (Fsp3) is 0.273. The summed E-state index contributed by atoms with van der Waals surface area (Å²) in [5.74, 6) is 0.682. The monoisotopic (exact) mass is 480 g/mol. The predicted octanol–water partition coefficient (Wildman–Crippen LogP) is 4.59. The van der Waals surface area contributed by atoms with E-state index in [4.69, 9.17) is 25.9 Å². The van der Waals surface area contributed by atoms with Crippen molar-refractivity contribution in [1.82, 2.24) is 15.0 Å². The number of rotatable bonds is 6. The number of methoxy groups -OCH3 is 1. The molecule has 0 saturated heterocycles. The van der Waals surface area contributed by atoms with Gasteiger partial charge in [-0.25, -0.2) is 10.5 Å². The highest BCUT2D eigenvalue weighted by Gasteiger charge is 2.35. The Morgan fingerprint density at radius 2 is 2.03 bits per heavy atom. The molecule has 0 unspecified atom stereocenters. The Labute approximate surface area is 192 Å². The molecule has 33 heavy (non-hydrogen) atoms. The molecule has 0 spiro atoms. The van der Waals surface area contributed by atoms with Gasteiger partial charge in [-0.05, 0) is 43.3 Å². The van der Waals surface area contributed by atoms with Crippen LogP contribution in [0.25, 0.3) is 5.69 Å². The van der Waals surface area contributed by atoms with E-state index in [1.165, 1.54) is 12.1 Å². The summed E-state index contributed by atoms with van der Waals surface area (Å²) in [5.41, 5.74) is 4.14. The van der Waals surface area contributed by atoms with Crippen LogP contribution in [-0.2, 0) is 11.0 Å². The molecule has 4 rings (SSSR count). The first-order chi connectivity index (χ1) is 15.7. The third-order valence-corrected chi connectivity index (χ3v) is 5.11.